The average molecular weight is 299 g/mol. The Kier molecular flexibility index (Phi) is 7.66. The van der Waals surface area contributed by atoms with Gasteiger partial charge in [0, 0.05) is 18.7 Å². The Morgan fingerprint density at radius 1 is 1.25 bits per heavy atom. The lowest BCUT2D eigenvalue weighted by atomic mass is 9.80. The van der Waals surface area contributed by atoms with Crippen molar-refractivity contribution in [2.45, 2.75) is 40.5 Å². The molecule has 20 heavy (non-hydrogen) atoms. The predicted octanol–water partition coefficient (Wildman–Crippen LogP) is 3.42. The number of amides is 1. The molecule has 0 saturated heterocycles. The largest absolute Gasteiger partial charge is 0.399 e. The molecule has 0 radical (unpaired) electrons. The zero-order valence-corrected chi connectivity index (χ0v) is 13.7. The lowest BCUT2D eigenvalue weighted by molar-refractivity contribution is -0.122. The number of nitrogen functional groups attached to an aromatic ring is 1. The standard InChI is InChI=1S/C16H26N2O.ClH/c1-12(16(2,3)4)11-15(19)18-10-9-13-5-7-14(17)8-6-13;/h5-8,12H,9-11,17H2,1-4H3,(H,18,19);1H. The van der Waals surface area contributed by atoms with Crippen LogP contribution in [-0.4, -0.2) is 12.5 Å². The average Bonchev–Trinajstić information content (AvgIpc) is 2.30. The third-order valence-corrected chi connectivity index (χ3v) is 3.69. The molecule has 3 N–H and O–H groups in total. The minimum Gasteiger partial charge on any atom is -0.399 e. The van der Waals surface area contributed by atoms with E-state index in [4.69, 9.17) is 5.73 Å². The van der Waals surface area contributed by atoms with E-state index < -0.39 is 0 Å². The lowest BCUT2D eigenvalue weighted by Gasteiger charge is -2.26. The normalized spacial score (nSPS) is 12.4. The van der Waals surface area contributed by atoms with E-state index in [9.17, 15) is 4.79 Å². The zero-order valence-electron chi connectivity index (χ0n) is 12.9. The molecule has 3 nitrogen and oxygen atoms in total. The minimum absolute atomic E-state index is 0. The van der Waals surface area contributed by atoms with E-state index in [1.165, 1.54) is 5.56 Å². The highest BCUT2D eigenvalue weighted by molar-refractivity contribution is 5.85. The number of benzene rings is 1. The summed E-state index contributed by atoms with van der Waals surface area (Å²) < 4.78 is 0. The molecular formula is C16H27ClN2O. The van der Waals surface area contributed by atoms with Gasteiger partial charge in [0.15, 0.2) is 0 Å². The van der Waals surface area contributed by atoms with E-state index in [2.05, 4.69) is 33.0 Å². The van der Waals surface area contributed by atoms with Gasteiger partial charge in [-0.3, -0.25) is 4.79 Å². The molecule has 114 valence electrons. The molecule has 0 bridgehead atoms. The van der Waals surface area contributed by atoms with Gasteiger partial charge in [-0.1, -0.05) is 39.8 Å². The van der Waals surface area contributed by atoms with Gasteiger partial charge in [0.05, 0.1) is 0 Å². The number of anilines is 1. The van der Waals surface area contributed by atoms with Crippen LogP contribution in [-0.2, 0) is 11.2 Å². The number of carbonyl (C=O) groups is 1. The fraction of sp³-hybridized carbons (Fsp3) is 0.562. The van der Waals surface area contributed by atoms with Crippen LogP contribution in [0.15, 0.2) is 24.3 Å². The van der Waals surface area contributed by atoms with Gasteiger partial charge in [-0.2, -0.15) is 0 Å². The molecule has 0 aliphatic rings. The maximum atomic E-state index is 11.8. The van der Waals surface area contributed by atoms with E-state index in [-0.39, 0.29) is 23.7 Å². The molecule has 1 atom stereocenters. The summed E-state index contributed by atoms with van der Waals surface area (Å²) in [5.74, 6) is 0.516. The van der Waals surface area contributed by atoms with Crippen molar-refractivity contribution in [3.8, 4) is 0 Å². The third-order valence-electron chi connectivity index (χ3n) is 3.69. The van der Waals surface area contributed by atoms with Crippen LogP contribution in [0.5, 0.6) is 0 Å². The Labute approximate surface area is 128 Å². The third kappa shape index (κ3) is 6.80. The molecule has 1 amide bonds. The van der Waals surface area contributed by atoms with E-state index in [0.717, 1.165) is 12.1 Å². The van der Waals surface area contributed by atoms with Crippen LogP contribution in [0, 0.1) is 11.3 Å². The van der Waals surface area contributed by atoms with Crippen molar-refractivity contribution in [1.29, 1.82) is 0 Å². The number of carbonyl (C=O) groups excluding carboxylic acids is 1. The van der Waals surface area contributed by atoms with Crippen LogP contribution < -0.4 is 11.1 Å². The van der Waals surface area contributed by atoms with Gasteiger partial charge < -0.3 is 11.1 Å². The monoisotopic (exact) mass is 298 g/mol. The second-order valence-corrected chi connectivity index (χ2v) is 6.31. The minimum atomic E-state index is 0. The van der Waals surface area contributed by atoms with Gasteiger partial charge in [0.2, 0.25) is 5.91 Å². The summed E-state index contributed by atoms with van der Waals surface area (Å²) in [6.45, 7) is 9.30. The Morgan fingerprint density at radius 2 is 1.80 bits per heavy atom. The Balaban J connectivity index is 0.00000361. The van der Waals surface area contributed by atoms with E-state index >= 15 is 0 Å². The maximum absolute atomic E-state index is 11.8. The van der Waals surface area contributed by atoms with Crippen LogP contribution in [0.1, 0.15) is 39.7 Å². The molecule has 0 fully saturated rings. The Hall–Kier alpha value is -1.22. The van der Waals surface area contributed by atoms with Gasteiger partial charge in [-0.15, -0.1) is 12.4 Å². The van der Waals surface area contributed by atoms with E-state index in [1.807, 2.05) is 24.3 Å². The molecule has 0 aromatic heterocycles. The molecule has 0 heterocycles. The molecule has 1 aromatic carbocycles. The lowest BCUT2D eigenvalue weighted by Crippen LogP contribution is -2.30. The van der Waals surface area contributed by atoms with Crippen molar-refractivity contribution in [1.82, 2.24) is 5.32 Å². The zero-order chi connectivity index (χ0) is 14.5. The summed E-state index contributed by atoms with van der Waals surface area (Å²) >= 11 is 0. The van der Waals surface area contributed by atoms with Crippen LogP contribution in [0.3, 0.4) is 0 Å². The first-order chi connectivity index (χ1) is 8.79. The first kappa shape index (κ1) is 18.8. The molecule has 1 unspecified atom stereocenters. The molecule has 0 aliphatic carbocycles. The van der Waals surface area contributed by atoms with Crippen molar-refractivity contribution in [3.05, 3.63) is 29.8 Å². The second kappa shape index (κ2) is 8.15. The summed E-state index contributed by atoms with van der Waals surface area (Å²) in [5.41, 5.74) is 7.77. The number of rotatable bonds is 5. The maximum Gasteiger partial charge on any atom is 0.220 e. The van der Waals surface area contributed by atoms with Crippen molar-refractivity contribution < 1.29 is 4.79 Å². The molecule has 0 aliphatic heterocycles. The smallest absolute Gasteiger partial charge is 0.220 e. The highest BCUT2D eigenvalue weighted by atomic mass is 35.5. The van der Waals surface area contributed by atoms with E-state index in [0.29, 0.717) is 18.9 Å². The van der Waals surface area contributed by atoms with Gasteiger partial charge in [0.1, 0.15) is 0 Å². The van der Waals surface area contributed by atoms with Gasteiger partial charge in [0.25, 0.3) is 0 Å². The Morgan fingerprint density at radius 3 is 2.30 bits per heavy atom. The predicted molar refractivity (Wildman–Crippen MR) is 88.1 cm³/mol. The molecule has 0 spiro atoms. The van der Waals surface area contributed by atoms with Gasteiger partial charge in [-0.05, 0) is 35.4 Å². The van der Waals surface area contributed by atoms with Crippen molar-refractivity contribution >= 4 is 24.0 Å². The molecule has 0 saturated carbocycles. The first-order valence-electron chi connectivity index (χ1n) is 6.90. The van der Waals surface area contributed by atoms with Crippen molar-refractivity contribution in [3.63, 3.8) is 0 Å². The van der Waals surface area contributed by atoms with Gasteiger partial charge in [-0.25, -0.2) is 0 Å². The number of halogens is 1. The quantitative estimate of drug-likeness (QED) is 0.818. The molecule has 4 heteroatoms. The number of hydrogen-bond donors (Lipinski definition) is 2. The highest BCUT2D eigenvalue weighted by Crippen LogP contribution is 2.27. The fourth-order valence-corrected chi connectivity index (χ4v) is 1.69. The molecule has 1 aromatic rings. The van der Waals surface area contributed by atoms with Gasteiger partial charge >= 0.3 is 0 Å². The summed E-state index contributed by atoms with van der Waals surface area (Å²) in [4.78, 5) is 11.8. The number of nitrogens with two attached hydrogens (primary N) is 1. The van der Waals surface area contributed by atoms with Crippen molar-refractivity contribution in [2.24, 2.45) is 11.3 Å². The number of nitrogens with one attached hydrogen (secondary N) is 1. The van der Waals surface area contributed by atoms with E-state index in [1.54, 1.807) is 0 Å². The second-order valence-electron chi connectivity index (χ2n) is 6.31. The Bertz CT molecular complexity index is 409. The van der Waals surface area contributed by atoms with Crippen LogP contribution in [0.4, 0.5) is 5.69 Å². The number of hydrogen-bond acceptors (Lipinski definition) is 2. The highest BCUT2D eigenvalue weighted by Gasteiger charge is 2.22. The topological polar surface area (TPSA) is 55.1 Å². The fourth-order valence-electron chi connectivity index (χ4n) is 1.69. The van der Waals surface area contributed by atoms with Crippen LogP contribution in [0.2, 0.25) is 0 Å². The summed E-state index contributed by atoms with van der Waals surface area (Å²) in [5, 5.41) is 2.98. The first-order valence-corrected chi connectivity index (χ1v) is 6.90. The summed E-state index contributed by atoms with van der Waals surface area (Å²) in [6.07, 6.45) is 1.43. The SMILES string of the molecule is CC(CC(=O)NCCc1ccc(N)cc1)C(C)(C)C.Cl. The summed E-state index contributed by atoms with van der Waals surface area (Å²) in [6, 6.07) is 7.77. The molecule has 1 rings (SSSR count). The van der Waals surface area contributed by atoms with Crippen molar-refractivity contribution in [2.75, 3.05) is 12.3 Å². The van der Waals surface area contributed by atoms with Crippen LogP contribution >= 0.6 is 12.4 Å². The summed E-state index contributed by atoms with van der Waals surface area (Å²) in [7, 11) is 0. The van der Waals surface area contributed by atoms with Crippen LogP contribution in [0.25, 0.3) is 0 Å². The molecular weight excluding hydrogens is 272 g/mol.